The van der Waals surface area contributed by atoms with Crippen LogP contribution in [-0.2, 0) is 5.75 Å². The first-order chi connectivity index (χ1) is 15.3. The minimum atomic E-state index is 0.433. The summed E-state index contributed by atoms with van der Waals surface area (Å²) in [6, 6.07) is 14.8. The molecule has 158 valence electrons. The summed E-state index contributed by atoms with van der Waals surface area (Å²) < 4.78 is 2.38. The minimum Gasteiger partial charge on any atom is -0.299 e. The average Bonchev–Trinajstić information content (AvgIpc) is 3.46. The lowest BCUT2D eigenvalue weighted by molar-refractivity contribution is 0.247. The maximum absolute atomic E-state index is 4.63. The molecule has 4 aromatic rings. The Morgan fingerprint density at radius 3 is 2.65 bits per heavy atom. The molecule has 3 heterocycles. The van der Waals surface area contributed by atoms with E-state index in [9.17, 15) is 0 Å². The predicted octanol–water partition coefficient (Wildman–Crippen LogP) is 6.51. The first-order valence-electron chi connectivity index (χ1n) is 10.8. The molecule has 0 amide bonds. The van der Waals surface area contributed by atoms with Crippen LogP contribution in [0, 0.1) is 5.92 Å². The molecular formula is C24H25N5S2. The number of benzene rings is 1. The van der Waals surface area contributed by atoms with Crippen LogP contribution < -0.4 is 0 Å². The highest BCUT2D eigenvalue weighted by Crippen LogP contribution is 2.39. The van der Waals surface area contributed by atoms with E-state index in [1.807, 2.05) is 24.5 Å². The van der Waals surface area contributed by atoms with E-state index in [0.717, 1.165) is 27.3 Å². The van der Waals surface area contributed by atoms with Gasteiger partial charge in [0.1, 0.15) is 5.01 Å². The molecule has 1 aliphatic rings. The highest BCUT2D eigenvalue weighted by Gasteiger charge is 2.28. The summed E-state index contributed by atoms with van der Waals surface area (Å²) in [4.78, 5) is 10.2. The molecule has 2 atom stereocenters. The number of pyridine rings is 1. The molecule has 0 bridgehead atoms. The Labute approximate surface area is 191 Å². The van der Waals surface area contributed by atoms with Crippen molar-refractivity contribution >= 4 is 23.1 Å². The zero-order chi connectivity index (χ0) is 21.0. The van der Waals surface area contributed by atoms with Crippen LogP contribution in [0.15, 0.2) is 66.2 Å². The van der Waals surface area contributed by atoms with Crippen molar-refractivity contribution in [2.75, 3.05) is 0 Å². The molecule has 7 heteroatoms. The molecular weight excluding hydrogens is 422 g/mol. The average molecular weight is 448 g/mol. The molecule has 0 saturated heterocycles. The van der Waals surface area contributed by atoms with E-state index in [2.05, 4.69) is 62.0 Å². The molecule has 1 aromatic carbocycles. The zero-order valence-corrected chi connectivity index (χ0v) is 19.1. The number of thioether (sulfide) groups is 1. The third kappa shape index (κ3) is 4.43. The number of hydrogen-bond donors (Lipinski definition) is 0. The Morgan fingerprint density at radius 2 is 1.84 bits per heavy atom. The Balaban J connectivity index is 1.41. The van der Waals surface area contributed by atoms with Gasteiger partial charge in [-0.05, 0) is 30.9 Å². The van der Waals surface area contributed by atoms with Gasteiger partial charge in [-0.15, -0.1) is 21.5 Å². The fourth-order valence-electron chi connectivity index (χ4n) is 4.27. The summed E-state index contributed by atoms with van der Waals surface area (Å²) >= 11 is 3.51. The lowest BCUT2D eigenvalue weighted by Gasteiger charge is -2.31. The minimum absolute atomic E-state index is 0.433. The third-order valence-corrected chi connectivity index (χ3v) is 8.12. The Bertz CT molecular complexity index is 1120. The van der Waals surface area contributed by atoms with E-state index in [1.165, 1.54) is 36.1 Å². The van der Waals surface area contributed by atoms with Crippen molar-refractivity contribution in [1.29, 1.82) is 0 Å². The highest BCUT2D eigenvalue weighted by molar-refractivity contribution is 7.98. The van der Waals surface area contributed by atoms with E-state index in [4.69, 9.17) is 0 Å². The molecule has 5 nitrogen and oxygen atoms in total. The number of thiazole rings is 1. The SMILES string of the molecule is C[C@@H]1CCCC[C@H]1n1c(SCc2cnc(-c3ccccc3)s2)nnc1-c1cccnc1. The van der Waals surface area contributed by atoms with Gasteiger partial charge in [-0.1, -0.05) is 61.9 Å². The van der Waals surface area contributed by atoms with Crippen LogP contribution in [0.5, 0.6) is 0 Å². The third-order valence-electron chi connectivity index (χ3n) is 5.90. The van der Waals surface area contributed by atoms with E-state index in [-0.39, 0.29) is 0 Å². The lowest BCUT2D eigenvalue weighted by atomic mass is 9.85. The zero-order valence-electron chi connectivity index (χ0n) is 17.5. The van der Waals surface area contributed by atoms with Gasteiger partial charge in [0, 0.05) is 46.4 Å². The van der Waals surface area contributed by atoms with Gasteiger partial charge in [0.15, 0.2) is 11.0 Å². The van der Waals surface area contributed by atoms with Crippen LogP contribution in [0.4, 0.5) is 0 Å². The summed E-state index contributed by atoms with van der Waals surface area (Å²) in [6.07, 6.45) is 10.7. The van der Waals surface area contributed by atoms with Crippen molar-refractivity contribution in [2.45, 2.75) is 49.6 Å². The quantitative estimate of drug-likeness (QED) is 0.315. The molecule has 1 fully saturated rings. The first kappa shape index (κ1) is 20.4. The van der Waals surface area contributed by atoms with E-state index in [0.29, 0.717) is 12.0 Å². The monoisotopic (exact) mass is 447 g/mol. The number of rotatable bonds is 6. The van der Waals surface area contributed by atoms with Gasteiger partial charge >= 0.3 is 0 Å². The lowest BCUT2D eigenvalue weighted by Crippen LogP contribution is -2.22. The van der Waals surface area contributed by atoms with Gasteiger partial charge < -0.3 is 0 Å². The van der Waals surface area contributed by atoms with Crippen molar-refractivity contribution in [3.8, 4) is 22.0 Å². The first-order valence-corrected chi connectivity index (χ1v) is 12.6. The molecule has 0 spiro atoms. The molecule has 31 heavy (non-hydrogen) atoms. The maximum atomic E-state index is 4.63. The Kier molecular flexibility index (Phi) is 6.13. The summed E-state index contributed by atoms with van der Waals surface area (Å²) in [7, 11) is 0. The molecule has 1 saturated carbocycles. The van der Waals surface area contributed by atoms with Crippen LogP contribution in [0.25, 0.3) is 22.0 Å². The topological polar surface area (TPSA) is 56.5 Å². The maximum Gasteiger partial charge on any atom is 0.192 e. The van der Waals surface area contributed by atoms with Crippen LogP contribution in [-0.4, -0.2) is 24.7 Å². The second-order valence-electron chi connectivity index (χ2n) is 8.03. The molecule has 5 rings (SSSR count). The van der Waals surface area contributed by atoms with E-state index < -0.39 is 0 Å². The standard InChI is InChI=1S/C24H25N5S2/c1-17-8-5-6-12-21(17)29-22(19-11-7-13-25-14-19)27-28-24(29)30-16-20-15-26-23(31-20)18-9-3-2-4-10-18/h2-4,7,9-11,13-15,17,21H,5-6,8,12,16H2,1H3/t17-,21-/m1/s1. The van der Waals surface area contributed by atoms with E-state index in [1.54, 1.807) is 29.3 Å². The van der Waals surface area contributed by atoms with Crippen LogP contribution in [0.3, 0.4) is 0 Å². The normalized spacial score (nSPS) is 18.9. The number of hydrogen-bond acceptors (Lipinski definition) is 6. The predicted molar refractivity (Wildman–Crippen MR) is 127 cm³/mol. The smallest absolute Gasteiger partial charge is 0.192 e. The van der Waals surface area contributed by atoms with E-state index >= 15 is 0 Å². The van der Waals surface area contributed by atoms with Crippen LogP contribution >= 0.6 is 23.1 Å². The summed E-state index contributed by atoms with van der Waals surface area (Å²) in [5.41, 5.74) is 2.20. The van der Waals surface area contributed by atoms with Gasteiger partial charge in [-0.2, -0.15) is 0 Å². The molecule has 0 unspecified atom stereocenters. The van der Waals surface area contributed by atoms with Crippen molar-refractivity contribution in [3.63, 3.8) is 0 Å². The fraction of sp³-hybridized carbons (Fsp3) is 0.333. The van der Waals surface area contributed by atoms with Gasteiger partial charge in [-0.25, -0.2) is 4.98 Å². The van der Waals surface area contributed by atoms with Gasteiger partial charge in [0.05, 0.1) is 0 Å². The van der Waals surface area contributed by atoms with Crippen molar-refractivity contribution in [2.24, 2.45) is 5.92 Å². The summed E-state index contributed by atoms with van der Waals surface area (Å²) in [5.74, 6) is 2.40. The summed E-state index contributed by atoms with van der Waals surface area (Å²) in [6.45, 7) is 2.36. The fourth-order valence-corrected chi connectivity index (χ4v) is 6.20. The van der Waals surface area contributed by atoms with Crippen molar-refractivity contribution in [3.05, 3.63) is 65.9 Å². The summed E-state index contributed by atoms with van der Waals surface area (Å²) in [5, 5.41) is 11.3. The molecule has 3 aromatic heterocycles. The second kappa shape index (κ2) is 9.32. The van der Waals surface area contributed by atoms with Crippen LogP contribution in [0.1, 0.15) is 43.5 Å². The molecule has 0 N–H and O–H groups in total. The van der Waals surface area contributed by atoms with Gasteiger partial charge in [-0.3, -0.25) is 9.55 Å². The van der Waals surface area contributed by atoms with Gasteiger partial charge in [0.2, 0.25) is 0 Å². The molecule has 1 aliphatic carbocycles. The molecule has 0 radical (unpaired) electrons. The number of aromatic nitrogens is 5. The Morgan fingerprint density at radius 1 is 1.00 bits per heavy atom. The molecule has 0 aliphatic heterocycles. The largest absolute Gasteiger partial charge is 0.299 e. The number of nitrogens with zero attached hydrogens (tertiary/aromatic N) is 5. The Hall–Kier alpha value is -2.51. The van der Waals surface area contributed by atoms with Crippen LogP contribution in [0.2, 0.25) is 0 Å². The van der Waals surface area contributed by atoms with Crippen molar-refractivity contribution in [1.82, 2.24) is 24.7 Å². The van der Waals surface area contributed by atoms with Crippen molar-refractivity contribution < 1.29 is 0 Å². The second-order valence-corrected chi connectivity index (χ2v) is 10.1. The highest BCUT2D eigenvalue weighted by atomic mass is 32.2. The van der Waals surface area contributed by atoms with Gasteiger partial charge in [0.25, 0.3) is 0 Å².